The highest BCUT2D eigenvalue weighted by Gasteiger charge is 2.30. The van der Waals surface area contributed by atoms with E-state index in [4.69, 9.17) is 18.9 Å². The summed E-state index contributed by atoms with van der Waals surface area (Å²) >= 11 is 1.75. The van der Waals surface area contributed by atoms with Crippen LogP contribution in [0.3, 0.4) is 0 Å². The number of thioether (sulfide) groups is 1. The number of nitrogens with zero attached hydrogens (tertiary/aromatic N) is 1. The SMILES string of the molecule is COCOc1cc(Oc2ccc(SCC3CO3)cc2)ccc1N(C(=O)O)C(C)(C)C. The van der Waals surface area contributed by atoms with Gasteiger partial charge >= 0.3 is 6.09 Å². The number of ether oxygens (including phenoxy) is 4. The zero-order valence-corrected chi connectivity index (χ0v) is 18.4. The molecule has 0 spiro atoms. The molecule has 0 aliphatic carbocycles. The highest BCUT2D eigenvalue weighted by Crippen LogP contribution is 2.38. The number of methoxy groups -OCH3 is 1. The Labute approximate surface area is 180 Å². The van der Waals surface area contributed by atoms with Crippen molar-refractivity contribution in [2.75, 3.05) is 31.2 Å². The summed E-state index contributed by atoms with van der Waals surface area (Å²) in [5.74, 6) is 2.54. The van der Waals surface area contributed by atoms with E-state index in [1.54, 1.807) is 30.0 Å². The second-order valence-corrected chi connectivity index (χ2v) is 8.90. The lowest BCUT2D eigenvalue weighted by Gasteiger charge is -2.34. The molecule has 7 nitrogen and oxygen atoms in total. The van der Waals surface area contributed by atoms with Crippen LogP contribution < -0.4 is 14.4 Å². The molecule has 1 fully saturated rings. The summed E-state index contributed by atoms with van der Waals surface area (Å²) in [5.41, 5.74) is -0.230. The molecule has 1 aliphatic heterocycles. The van der Waals surface area contributed by atoms with Crippen LogP contribution in [0, 0.1) is 0 Å². The van der Waals surface area contributed by atoms with Gasteiger partial charge in [0.05, 0.1) is 18.4 Å². The Bertz CT molecular complexity index is 861. The van der Waals surface area contributed by atoms with Gasteiger partial charge < -0.3 is 24.1 Å². The molecule has 30 heavy (non-hydrogen) atoms. The molecule has 1 saturated heterocycles. The van der Waals surface area contributed by atoms with Crippen LogP contribution in [-0.2, 0) is 9.47 Å². The van der Waals surface area contributed by atoms with Gasteiger partial charge in [0.15, 0.2) is 6.79 Å². The van der Waals surface area contributed by atoms with Crippen molar-refractivity contribution < 1.29 is 28.8 Å². The van der Waals surface area contributed by atoms with Crippen LogP contribution >= 0.6 is 11.8 Å². The topological polar surface area (TPSA) is 80.8 Å². The highest BCUT2D eigenvalue weighted by atomic mass is 32.2. The minimum absolute atomic E-state index is 0.00924. The van der Waals surface area contributed by atoms with Crippen molar-refractivity contribution in [3.8, 4) is 17.2 Å². The molecule has 1 atom stereocenters. The number of anilines is 1. The third-order valence-electron chi connectivity index (χ3n) is 4.26. The fourth-order valence-corrected chi connectivity index (χ4v) is 3.72. The number of epoxide rings is 1. The second kappa shape index (κ2) is 9.59. The van der Waals surface area contributed by atoms with Gasteiger partial charge in [0.25, 0.3) is 0 Å². The van der Waals surface area contributed by atoms with Crippen LogP contribution in [0.2, 0.25) is 0 Å². The standard InChI is InChI=1S/C22H27NO6S/c1-22(2,3)23(21(24)25)19-10-7-16(11-20(19)28-14-26-4)29-15-5-8-18(9-6-15)30-13-17-12-27-17/h5-11,17H,12-14H2,1-4H3,(H,24,25). The molecule has 0 saturated carbocycles. The smallest absolute Gasteiger partial charge is 0.412 e. The lowest BCUT2D eigenvalue weighted by molar-refractivity contribution is 0.0511. The fraction of sp³-hybridized carbons (Fsp3) is 0.409. The van der Waals surface area contributed by atoms with Crippen molar-refractivity contribution in [2.24, 2.45) is 0 Å². The number of rotatable bonds is 9. The maximum Gasteiger partial charge on any atom is 0.412 e. The van der Waals surface area contributed by atoms with Crippen molar-refractivity contribution in [3.63, 3.8) is 0 Å². The van der Waals surface area contributed by atoms with Crippen LogP contribution in [0.15, 0.2) is 47.4 Å². The second-order valence-electron chi connectivity index (χ2n) is 7.81. The van der Waals surface area contributed by atoms with E-state index in [0.29, 0.717) is 29.0 Å². The first-order valence-corrected chi connectivity index (χ1v) is 10.6. The van der Waals surface area contributed by atoms with Crippen LogP contribution in [0.25, 0.3) is 0 Å². The number of hydrogen-bond acceptors (Lipinski definition) is 6. The van der Waals surface area contributed by atoms with Gasteiger partial charge in [-0.3, -0.25) is 4.90 Å². The first-order chi connectivity index (χ1) is 14.3. The molecule has 0 aromatic heterocycles. The summed E-state index contributed by atoms with van der Waals surface area (Å²) in [6.45, 7) is 6.30. The average Bonchev–Trinajstić information content (AvgIpc) is 3.50. The summed E-state index contributed by atoms with van der Waals surface area (Å²) in [6, 6.07) is 12.9. The Balaban J connectivity index is 1.78. The summed E-state index contributed by atoms with van der Waals surface area (Å²) in [7, 11) is 1.51. The van der Waals surface area contributed by atoms with E-state index in [1.165, 1.54) is 12.0 Å². The number of benzene rings is 2. The first kappa shape index (κ1) is 22.3. The van der Waals surface area contributed by atoms with E-state index in [9.17, 15) is 9.90 Å². The van der Waals surface area contributed by atoms with E-state index in [0.717, 1.165) is 17.3 Å². The fourth-order valence-electron chi connectivity index (χ4n) is 2.83. The molecule has 0 radical (unpaired) electrons. The normalized spacial score (nSPS) is 15.5. The quantitative estimate of drug-likeness (QED) is 0.329. The van der Waals surface area contributed by atoms with E-state index >= 15 is 0 Å². The molecular weight excluding hydrogens is 406 g/mol. The molecule has 1 amide bonds. The number of amides is 1. The minimum atomic E-state index is -1.07. The molecule has 2 aromatic carbocycles. The lowest BCUT2D eigenvalue weighted by atomic mass is 10.1. The van der Waals surface area contributed by atoms with Gasteiger partial charge in [0.1, 0.15) is 17.2 Å². The Morgan fingerprint density at radius 3 is 2.43 bits per heavy atom. The third-order valence-corrected chi connectivity index (χ3v) is 5.41. The Morgan fingerprint density at radius 1 is 1.20 bits per heavy atom. The number of carboxylic acid groups (broad SMARTS) is 1. The Hall–Kier alpha value is -2.42. The van der Waals surface area contributed by atoms with Crippen molar-refractivity contribution in [1.29, 1.82) is 0 Å². The zero-order valence-electron chi connectivity index (χ0n) is 17.6. The molecule has 0 bridgehead atoms. The summed E-state index contributed by atoms with van der Waals surface area (Å²) < 4.78 is 21.8. The zero-order chi connectivity index (χ0) is 21.7. The van der Waals surface area contributed by atoms with Crippen molar-refractivity contribution in [2.45, 2.75) is 37.3 Å². The monoisotopic (exact) mass is 433 g/mol. The van der Waals surface area contributed by atoms with Gasteiger partial charge in [-0.05, 0) is 57.2 Å². The summed E-state index contributed by atoms with van der Waals surface area (Å²) in [5, 5.41) is 9.72. The lowest BCUT2D eigenvalue weighted by Crippen LogP contribution is -2.45. The largest absolute Gasteiger partial charge is 0.465 e. The molecule has 1 N–H and O–H groups in total. The highest BCUT2D eigenvalue weighted by molar-refractivity contribution is 7.99. The molecular formula is C22H27NO6S. The van der Waals surface area contributed by atoms with Crippen molar-refractivity contribution in [3.05, 3.63) is 42.5 Å². The average molecular weight is 434 g/mol. The summed E-state index contributed by atoms with van der Waals surface area (Å²) in [6.07, 6.45) is -0.684. The third kappa shape index (κ3) is 6.04. The van der Waals surface area contributed by atoms with Crippen LogP contribution in [0.4, 0.5) is 10.5 Å². The maximum absolute atomic E-state index is 11.9. The molecule has 2 aromatic rings. The predicted octanol–water partition coefficient (Wildman–Crippen LogP) is 5.24. The van der Waals surface area contributed by atoms with E-state index in [2.05, 4.69) is 0 Å². The molecule has 1 heterocycles. The number of carbonyl (C=O) groups is 1. The predicted molar refractivity (Wildman–Crippen MR) is 116 cm³/mol. The molecule has 3 rings (SSSR count). The van der Waals surface area contributed by atoms with Gasteiger partial charge in [-0.25, -0.2) is 4.79 Å². The van der Waals surface area contributed by atoms with E-state index < -0.39 is 11.6 Å². The van der Waals surface area contributed by atoms with Gasteiger partial charge in [0.2, 0.25) is 0 Å². The summed E-state index contributed by atoms with van der Waals surface area (Å²) in [4.78, 5) is 14.3. The van der Waals surface area contributed by atoms with E-state index in [1.807, 2.05) is 45.0 Å². The van der Waals surface area contributed by atoms with Crippen LogP contribution in [0.5, 0.6) is 17.2 Å². The van der Waals surface area contributed by atoms with Crippen molar-refractivity contribution in [1.82, 2.24) is 0 Å². The molecule has 162 valence electrons. The Morgan fingerprint density at radius 2 is 1.87 bits per heavy atom. The first-order valence-electron chi connectivity index (χ1n) is 9.59. The van der Waals surface area contributed by atoms with Gasteiger partial charge in [-0.1, -0.05) is 0 Å². The van der Waals surface area contributed by atoms with Crippen molar-refractivity contribution >= 4 is 23.5 Å². The van der Waals surface area contributed by atoms with Crippen LogP contribution in [0.1, 0.15) is 20.8 Å². The molecule has 1 aliphatic rings. The van der Waals surface area contributed by atoms with Gasteiger partial charge in [-0.15, -0.1) is 11.8 Å². The van der Waals surface area contributed by atoms with Gasteiger partial charge in [0, 0.05) is 29.4 Å². The molecule has 8 heteroatoms. The number of hydrogen-bond donors (Lipinski definition) is 1. The maximum atomic E-state index is 11.9. The molecule has 1 unspecified atom stereocenters. The van der Waals surface area contributed by atoms with E-state index in [-0.39, 0.29) is 6.79 Å². The van der Waals surface area contributed by atoms with Gasteiger partial charge in [-0.2, -0.15) is 0 Å². The van der Waals surface area contributed by atoms with Crippen LogP contribution in [-0.4, -0.2) is 49.1 Å². The Kier molecular flexibility index (Phi) is 7.12. The minimum Gasteiger partial charge on any atom is -0.465 e.